The number of nitrogens with zero attached hydrogens (tertiary/aromatic N) is 3. The minimum absolute atomic E-state index is 0.133. The van der Waals surface area contributed by atoms with Crippen molar-refractivity contribution in [3.05, 3.63) is 30.1 Å². The average Bonchev–Trinajstić information content (AvgIpc) is 2.67. The molecule has 138 valence electrons. The second-order valence-corrected chi connectivity index (χ2v) is 7.15. The van der Waals surface area contributed by atoms with Gasteiger partial charge in [0.05, 0.1) is 6.04 Å². The van der Waals surface area contributed by atoms with Gasteiger partial charge in [0.1, 0.15) is 5.82 Å². The highest BCUT2D eigenvalue weighted by Crippen LogP contribution is 2.21. The number of aliphatic hydroxyl groups excluding tert-OH is 1. The molecule has 2 aliphatic rings. The van der Waals surface area contributed by atoms with Gasteiger partial charge in [0.25, 0.3) is 0 Å². The molecule has 2 heterocycles. The molecule has 25 heavy (non-hydrogen) atoms. The van der Waals surface area contributed by atoms with Gasteiger partial charge in [0, 0.05) is 45.0 Å². The Kier molecular flexibility index (Phi) is 5.91. The van der Waals surface area contributed by atoms with E-state index in [9.17, 15) is 14.3 Å². The smallest absolute Gasteiger partial charge is 0.239 e. The molecule has 2 saturated heterocycles. The molecule has 2 atom stereocenters. The number of hydrogen-bond acceptors (Lipinski definition) is 4. The third-order valence-corrected chi connectivity index (χ3v) is 5.50. The number of anilines is 1. The van der Waals surface area contributed by atoms with Crippen LogP contribution in [0.2, 0.25) is 0 Å². The summed E-state index contributed by atoms with van der Waals surface area (Å²) in [4.78, 5) is 19.2. The predicted octanol–water partition coefficient (Wildman–Crippen LogP) is 1.57. The Morgan fingerprint density at radius 2 is 1.88 bits per heavy atom. The lowest BCUT2D eigenvalue weighted by atomic mass is 9.97. The zero-order valence-corrected chi connectivity index (χ0v) is 14.9. The van der Waals surface area contributed by atoms with Crippen molar-refractivity contribution in [2.75, 3.05) is 50.8 Å². The summed E-state index contributed by atoms with van der Waals surface area (Å²) in [6, 6.07) is 6.40. The number of rotatable bonds is 4. The maximum Gasteiger partial charge on any atom is 0.239 e. The topological polar surface area (TPSA) is 47.0 Å². The van der Waals surface area contributed by atoms with E-state index in [0.717, 1.165) is 44.7 Å². The molecule has 1 amide bonds. The number of hydrogen-bond donors (Lipinski definition) is 1. The predicted molar refractivity (Wildman–Crippen MR) is 96.0 cm³/mol. The summed E-state index contributed by atoms with van der Waals surface area (Å²) in [5.74, 6) is 0.241. The Hall–Kier alpha value is -1.66. The number of carbonyl (C=O) groups excluding carboxylic acids is 1. The minimum Gasteiger partial charge on any atom is -0.396 e. The summed E-state index contributed by atoms with van der Waals surface area (Å²) >= 11 is 0. The van der Waals surface area contributed by atoms with Crippen LogP contribution in [0.3, 0.4) is 0 Å². The van der Waals surface area contributed by atoms with Gasteiger partial charge in [-0.3, -0.25) is 9.69 Å². The zero-order valence-electron chi connectivity index (χ0n) is 14.9. The average molecular weight is 349 g/mol. The van der Waals surface area contributed by atoms with Crippen LogP contribution >= 0.6 is 0 Å². The van der Waals surface area contributed by atoms with Crippen LogP contribution in [0.15, 0.2) is 24.3 Å². The number of piperidine rings is 1. The van der Waals surface area contributed by atoms with Gasteiger partial charge in [0.15, 0.2) is 0 Å². The molecule has 1 N–H and O–H groups in total. The van der Waals surface area contributed by atoms with E-state index in [-0.39, 0.29) is 24.4 Å². The van der Waals surface area contributed by atoms with Crippen LogP contribution in [0.25, 0.3) is 0 Å². The number of aliphatic hydroxyl groups is 1. The van der Waals surface area contributed by atoms with E-state index in [1.807, 2.05) is 11.8 Å². The van der Waals surface area contributed by atoms with Crippen molar-refractivity contribution in [2.45, 2.75) is 25.8 Å². The van der Waals surface area contributed by atoms with Gasteiger partial charge in [0.2, 0.25) is 5.91 Å². The van der Waals surface area contributed by atoms with Gasteiger partial charge in [-0.15, -0.1) is 0 Å². The molecule has 0 spiro atoms. The van der Waals surface area contributed by atoms with Crippen LogP contribution in [-0.2, 0) is 4.79 Å². The Balaban J connectivity index is 1.53. The molecule has 2 fully saturated rings. The molecule has 0 bridgehead atoms. The van der Waals surface area contributed by atoms with Crippen molar-refractivity contribution < 1.29 is 14.3 Å². The first-order valence-electron chi connectivity index (χ1n) is 9.22. The van der Waals surface area contributed by atoms with E-state index in [0.29, 0.717) is 19.0 Å². The van der Waals surface area contributed by atoms with Gasteiger partial charge in [-0.25, -0.2) is 4.39 Å². The molecule has 6 heteroatoms. The fourth-order valence-electron chi connectivity index (χ4n) is 3.86. The molecule has 0 radical (unpaired) electrons. The maximum absolute atomic E-state index is 13.0. The standard InChI is InChI=1S/C19H28FN3O2/c1-15(23-8-2-3-16(13-23)14-24)19(25)22-11-9-21(10-12-22)18-6-4-17(20)5-7-18/h4-7,15-16,24H,2-3,8-14H2,1H3. The lowest BCUT2D eigenvalue weighted by Gasteiger charge is -2.40. The molecule has 1 aromatic rings. The Bertz CT molecular complexity index is 573. The van der Waals surface area contributed by atoms with E-state index >= 15 is 0 Å². The zero-order chi connectivity index (χ0) is 17.8. The van der Waals surface area contributed by atoms with Gasteiger partial charge in [-0.1, -0.05) is 0 Å². The third-order valence-electron chi connectivity index (χ3n) is 5.50. The lowest BCUT2D eigenvalue weighted by molar-refractivity contribution is -0.137. The molecule has 0 saturated carbocycles. The van der Waals surface area contributed by atoms with Crippen LogP contribution in [0.1, 0.15) is 19.8 Å². The summed E-state index contributed by atoms with van der Waals surface area (Å²) in [5, 5.41) is 9.38. The highest BCUT2D eigenvalue weighted by atomic mass is 19.1. The molecule has 2 aliphatic heterocycles. The summed E-state index contributed by atoms with van der Waals surface area (Å²) in [7, 11) is 0. The normalized spacial score (nSPS) is 23.6. The molecule has 3 rings (SSSR count). The SMILES string of the molecule is CC(C(=O)N1CCN(c2ccc(F)cc2)CC1)N1CCCC(CO)C1. The second-order valence-electron chi connectivity index (χ2n) is 7.15. The highest BCUT2D eigenvalue weighted by Gasteiger charge is 2.31. The summed E-state index contributed by atoms with van der Waals surface area (Å²) in [6.07, 6.45) is 2.09. The van der Waals surface area contributed by atoms with Crippen molar-refractivity contribution in [1.82, 2.24) is 9.80 Å². The minimum atomic E-state index is -0.228. The Morgan fingerprint density at radius 3 is 2.52 bits per heavy atom. The van der Waals surface area contributed by atoms with Gasteiger partial charge < -0.3 is 14.9 Å². The van der Waals surface area contributed by atoms with E-state index in [1.165, 1.54) is 12.1 Å². The van der Waals surface area contributed by atoms with E-state index < -0.39 is 0 Å². The molecular formula is C19H28FN3O2. The summed E-state index contributed by atoms with van der Waals surface area (Å²) in [5.41, 5.74) is 1.00. The lowest BCUT2D eigenvalue weighted by Crippen LogP contribution is -2.55. The fourth-order valence-corrected chi connectivity index (χ4v) is 3.86. The Labute approximate surface area is 149 Å². The van der Waals surface area contributed by atoms with E-state index in [1.54, 1.807) is 12.1 Å². The van der Waals surface area contributed by atoms with Crippen molar-refractivity contribution in [3.8, 4) is 0 Å². The first-order chi connectivity index (χ1) is 12.1. The third kappa shape index (κ3) is 4.30. The molecule has 0 aromatic heterocycles. The van der Waals surface area contributed by atoms with Crippen LogP contribution in [0.5, 0.6) is 0 Å². The van der Waals surface area contributed by atoms with Gasteiger partial charge in [-0.05, 0) is 56.5 Å². The largest absolute Gasteiger partial charge is 0.396 e. The molecule has 5 nitrogen and oxygen atoms in total. The fraction of sp³-hybridized carbons (Fsp3) is 0.632. The molecule has 2 unspecified atom stereocenters. The second kappa shape index (κ2) is 8.15. The van der Waals surface area contributed by atoms with E-state index in [2.05, 4.69) is 9.80 Å². The number of carbonyl (C=O) groups is 1. The first-order valence-corrected chi connectivity index (χ1v) is 9.22. The Morgan fingerprint density at radius 1 is 1.20 bits per heavy atom. The molecule has 0 aliphatic carbocycles. The first kappa shape index (κ1) is 18.1. The number of likely N-dealkylation sites (tertiary alicyclic amines) is 1. The van der Waals surface area contributed by atoms with Crippen LogP contribution in [0.4, 0.5) is 10.1 Å². The quantitative estimate of drug-likeness (QED) is 0.896. The van der Waals surface area contributed by atoms with E-state index in [4.69, 9.17) is 0 Å². The van der Waals surface area contributed by atoms with Gasteiger partial charge in [-0.2, -0.15) is 0 Å². The number of halogens is 1. The molecule has 1 aromatic carbocycles. The number of piperazine rings is 1. The van der Waals surface area contributed by atoms with Crippen LogP contribution in [-0.4, -0.2) is 72.7 Å². The highest BCUT2D eigenvalue weighted by molar-refractivity contribution is 5.81. The number of amides is 1. The maximum atomic E-state index is 13.0. The van der Waals surface area contributed by atoms with Gasteiger partial charge >= 0.3 is 0 Å². The molecular weight excluding hydrogens is 321 g/mol. The van der Waals surface area contributed by atoms with Crippen molar-refractivity contribution in [1.29, 1.82) is 0 Å². The summed E-state index contributed by atoms with van der Waals surface area (Å²) in [6.45, 7) is 6.84. The summed E-state index contributed by atoms with van der Waals surface area (Å²) < 4.78 is 13.0. The van der Waals surface area contributed by atoms with Crippen molar-refractivity contribution in [2.24, 2.45) is 5.92 Å². The van der Waals surface area contributed by atoms with Crippen LogP contribution in [0, 0.1) is 11.7 Å². The van der Waals surface area contributed by atoms with Crippen molar-refractivity contribution >= 4 is 11.6 Å². The monoisotopic (exact) mass is 349 g/mol. The number of benzene rings is 1. The van der Waals surface area contributed by atoms with Crippen LogP contribution < -0.4 is 4.90 Å². The van der Waals surface area contributed by atoms with Crippen molar-refractivity contribution in [3.63, 3.8) is 0 Å².